The zero-order valence-electron chi connectivity index (χ0n) is 17.2. The molecule has 0 aliphatic carbocycles. The highest BCUT2D eigenvalue weighted by Gasteiger charge is 2.34. The highest BCUT2D eigenvalue weighted by Crippen LogP contribution is 2.19. The van der Waals surface area contributed by atoms with E-state index in [0.717, 1.165) is 12.0 Å². The largest absolute Gasteiger partial charge is 0.357 e. The molecule has 1 fully saturated rings. The smallest absolute Gasteiger partial charge is 0.242 e. The number of nitrogens with one attached hydrogen (secondary N) is 2. The summed E-state index contributed by atoms with van der Waals surface area (Å²) >= 11 is 0. The minimum atomic E-state index is -0.508. The lowest BCUT2D eigenvalue weighted by atomic mass is 9.98. The van der Waals surface area contributed by atoms with Gasteiger partial charge in [0.15, 0.2) is 0 Å². The van der Waals surface area contributed by atoms with E-state index >= 15 is 0 Å². The summed E-state index contributed by atoms with van der Waals surface area (Å²) in [5, 5.41) is 8.52. The van der Waals surface area contributed by atoms with Crippen molar-refractivity contribution in [1.82, 2.24) is 15.5 Å². The maximum atomic E-state index is 12.7. The minimum Gasteiger partial charge on any atom is -0.357 e. The molecule has 30 heavy (non-hydrogen) atoms. The molecule has 3 aromatic rings. The van der Waals surface area contributed by atoms with E-state index in [0.29, 0.717) is 13.0 Å². The quantitative estimate of drug-likeness (QED) is 0.667. The molecule has 1 saturated heterocycles. The summed E-state index contributed by atoms with van der Waals surface area (Å²) in [6.45, 7) is 0.761. The topological polar surface area (TPSA) is 61.4 Å². The molecule has 4 rings (SSSR count). The molecule has 0 unspecified atom stereocenters. The predicted octanol–water partition coefficient (Wildman–Crippen LogP) is 2.54. The first kappa shape index (κ1) is 20.1. The molecule has 1 aliphatic heterocycles. The lowest BCUT2D eigenvalue weighted by molar-refractivity contribution is -0.142. The number of benzene rings is 3. The van der Waals surface area contributed by atoms with Crippen LogP contribution >= 0.6 is 0 Å². The zero-order chi connectivity index (χ0) is 20.9. The van der Waals surface area contributed by atoms with Crippen molar-refractivity contribution < 1.29 is 9.59 Å². The number of hydrogen-bond acceptors (Lipinski definition) is 3. The number of piperazine rings is 1. The lowest BCUT2D eigenvalue weighted by Crippen LogP contribution is -2.61. The molecular formula is C25H27N3O2. The Morgan fingerprint density at radius 2 is 1.77 bits per heavy atom. The first-order valence-corrected chi connectivity index (χ1v) is 10.4. The van der Waals surface area contributed by atoms with Gasteiger partial charge in [-0.25, -0.2) is 0 Å². The summed E-state index contributed by atoms with van der Waals surface area (Å²) in [4.78, 5) is 27.1. The Morgan fingerprint density at radius 1 is 1.03 bits per heavy atom. The normalized spacial score (nSPS) is 17.7. The third-order valence-corrected chi connectivity index (χ3v) is 5.77. The van der Waals surface area contributed by atoms with Crippen LogP contribution in [-0.2, 0) is 22.4 Å². The van der Waals surface area contributed by atoms with Crippen LogP contribution in [0.5, 0.6) is 0 Å². The lowest BCUT2D eigenvalue weighted by Gasteiger charge is -2.38. The van der Waals surface area contributed by atoms with Crippen LogP contribution in [0.3, 0.4) is 0 Å². The molecule has 0 bridgehead atoms. The van der Waals surface area contributed by atoms with Gasteiger partial charge in [0.2, 0.25) is 11.8 Å². The summed E-state index contributed by atoms with van der Waals surface area (Å²) < 4.78 is 0. The second-order valence-electron chi connectivity index (χ2n) is 7.83. The fourth-order valence-electron chi connectivity index (χ4n) is 4.17. The molecule has 2 atom stereocenters. The van der Waals surface area contributed by atoms with E-state index in [-0.39, 0.29) is 24.4 Å². The van der Waals surface area contributed by atoms with Crippen LogP contribution in [0.4, 0.5) is 0 Å². The molecule has 0 aromatic heterocycles. The molecule has 5 heteroatoms. The number of likely N-dealkylation sites (N-methyl/N-ethyl adjacent to an activating group) is 1. The molecule has 5 nitrogen and oxygen atoms in total. The number of carbonyl (C=O) groups is 2. The maximum Gasteiger partial charge on any atom is 0.242 e. The highest BCUT2D eigenvalue weighted by atomic mass is 16.2. The van der Waals surface area contributed by atoms with Gasteiger partial charge in [0.05, 0.1) is 6.54 Å². The number of nitrogens with zero attached hydrogens (tertiary/aromatic N) is 1. The van der Waals surface area contributed by atoms with Crippen molar-refractivity contribution in [2.24, 2.45) is 0 Å². The van der Waals surface area contributed by atoms with Crippen LogP contribution < -0.4 is 10.6 Å². The van der Waals surface area contributed by atoms with E-state index < -0.39 is 6.04 Å². The Balaban J connectivity index is 1.51. The molecule has 1 aliphatic rings. The van der Waals surface area contributed by atoms with Crippen molar-refractivity contribution in [3.05, 3.63) is 83.9 Å². The highest BCUT2D eigenvalue weighted by molar-refractivity contribution is 5.89. The van der Waals surface area contributed by atoms with Gasteiger partial charge >= 0.3 is 0 Å². The zero-order valence-corrected chi connectivity index (χ0v) is 17.2. The van der Waals surface area contributed by atoms with E-state index in [1.54, 1.807) is 11.9 Å². The van der Waals surface area contributed by atoms with Gasteiger partial charge in [-0.05, 0) is 28.3 Å². The van der Waals surface area contributed by atoms with Gasteiger partial charge in [-0.3, -0.25) is 9.59 Å². The molecule has 2 amide bonds. The van der Waals surface area contributed by atoms with Crippen molar-refractivity contribution in [2.45, 2.75) is 24.9 Å². The monoisotopic (exact) mass is 401 g/mol. The van der Waals surface area contributed by atoms with Crippen LogP contribution in [0.25, 0.3) is 10.8 Å². The Kier molecular flexibility index (Phi) is 6.10. The molecule has 0 spiro atoms. The van der Waals surface area contributed by atoms with Gasteiger partial charge in [-0.1, -0.05) is 72.8 Å². The molecule has 3 aromatic carbocycles. The Labute approximate surface area is 177 Å². The average molecular weight is 402 g/mol. The van der Waals surface area contributed by atoms with Gasteiger partial charge in [0.1, 0.15) is 6.04 Å². The molecular weight excluding hydrogens is 374 g/mol. The van der Waals surface area contributed by atoms with E-state index in [1.165, 1.54) is 16.3 Å². The summed E-state index contributed by atoms with van der Waals surface area (Å²) in [7, 11) is 1.62. The van der Waals surface area contributed by atoms with E-state index in [1.807, 2.05) is 42.5 Å². The van der Waals surface area contributed by atoms with Crippen molar-refractivity contribution in [2.75, 3.05) is 20.1 Å². The van der Waals surface area contributed by atoms with Crippen molar-refractivity contribution >= 4 is 22.6 Å². The maximum absolute atomic E-state index is 12.7. The Morgan fingerprint density at radius 3 is 2.53 bits per heavy atom. The van der Waals surface area contributed by atoms with E-state index in [9.17, 15) is 9.59 Å². The summed E-state index contributed by atoms with van der Waals surface area (Å²) in [6, 6.07) is 24.2. The van der Waals surface area contributed by atoms with Gasteiger partial charge < -0.3 is 15.5 Å². The fourth-order valence-corrected chi connectivity index (χ4v) is 4.17. The molecule has 0 saturated carbocycles. The second kappa shape index (κ2) is 9.09. The van der Waals surface area contributed by atoms with Crippen molar-refractivity contribution in [1.29, 1.82) is 0 Å². The Hall–Kier alpha value is -3.18. The van der Waals surface area contributed by atoms with Gasteiger partial charge in [-0.15, -0.1) is 0 Å². The number of fused-ring (bicyclic) bond motifs is 1. The SMILES string of the molecule is CNC(=O)[C@@H](Cc1ccccc1)N1C[C@@H](Cc2ccc3ccccc3c2)NCC1=O. The van der Waals surface area contributed by atoms with Crippen LogP contribution in [0.2, 0.25) is 0 Å². The van der Waals surface area contributed by atoms with Gasteiger partial charge in [-0.2, -0.15) is 0 Å². The number of carbonyl (C=O) groups excluding carboxylic acids is 2. The first-order chi connectivity index (χ1) is 14.6. The molecule has 0 radical (unpaired) electrons. The molecule has 2 N–H and O–H groups in total. The van der Waals surface area contributed by atoms with E-state index in [2.05, 4.69) is 41.0 Å². The molecule has 1 heterocycles. The second-order valence-corrected chi connectivity index (χ2v) is 7.83. The average Bonchev–Trinajstić information content (AvgIpc) is 2.79. The van der Waals surface area contributed by atoms with E-state index in [4.69, 9.17) is 0 Å². The summed E-state index contributed by atoms with van der Waals surface area (Å²) in [5.41, 5.74) is 2.27. The third-order valence-electron chi connectivity index (χ3n) is 5.77. The van der Waals surface area contributed by atoms with Gasteiger partial charge in [0, 0.05) is 26.1 Å². The fraction of sp³-hybridized carbons (Fsp3) is 0.280. The van der Waals surface area contributed by atoms with Crippen LogP contribution in [-0.4, -0.2) is 48.9 Å². The van der Waals surface area contributed by atoms with Gasteiger partial charge in [0.25, 0.3) is 0 Å². The van der Waals surface area contributed by atoms with Crippen molar-refractivity contribution in [3.8, 4) is 0 Å². The number of rotatable bonds is 6. The van der Waals surface area contributed by atoms with Crippen LogP contribution in [0.1, 0.15) is 11.1 Å². The Bertz CT molecular complexity index is 1030. The summed E-state index contributed by atoms with van der Waals surface area (Å²) in [5.74, 6) is -0.159. The van der Waals surface area contributed by atoms with Crippen LogP contribution in [0, 0.1) is 0 Å². The number of hydrogen-bond donors (Lipinski definition) is 2. The standard InChI is InChI=1S/C25H27N3O2/c1-26-25(30)23(15-18-7-3-2-4-8-18)28-17-22(27-16-24(28)29)14-19-11-12-20-9-5-6-10-21(20)13-19/h2-13,22-23,27H,14-17H2,1H3,(H,26,30)/t22-,23-/m1/s1. The predicted molar refractivity (Wildman–Crippen MR) is 119 cm³/mol. The molecule has 154 valence electrons. The minimum absolute atomic E-state index is 0.0331. The summed E-state index contributed by atoms with van der Waals surface area (Å²) in [6.07, 6.45) is 1.31. The van der Waals surface area contributed by atoms with Crippen LogP contribution in [0.15, 0.2) is 72.8 Å². The third kappa shape index (κ3) is 4.52. The first-order valence-electron chi connectivity index (χ1n) is 10.4. The number of amides is 2. The van der Waals surface area contributed by atoms with Crippen molar-refractivity contribution in [3.63, 3.8) is 0 Å².